The van der Waals surface area contributed by atoms with Crippen LogP contribution in [0.25, 0.3) is 0 Å². The van der Waals surface area contributed by atoms with Crippen molar-refractivity contribution >= 4 is 5.97 Å². The molecule has 0 heterocycles. The molecular weight excluding hydrogens is 168 g/mol. The van der Waals surface area contributed by atoms with Gasteiger partial charge in [0.15, 0.2) is 5.60 Å². The third-order valence-corrected chi connectivity index (χ3v) is 2.53. The Morgan fingerprint density at radius 3 is 2.38 bits per heavy atom. The lowest BCUT2D eigenvalue weighted by atomic mass is 9.88. The number of hydrogen-bond donors (Lipinski definition) is 1. The lowest BCUT2D eigenvalue weighted by Crippen LogP contribution is -2.40. The van der Waals surface area contributed by atoms with E-state index in [-0.39, 0.29) is 0 Å². The Labute approximate surface area is 80.1 Å². The average molecular weight is 188 g/mol. The van der Waals surface area contributed by atoms with Crippen LogP contribution in [0.15, 0.2) is 0 Å². The maximum atomic E-state index is 11.2. The van der Waals surface area contributed by atoms with E-state index in [4.69, 9.17) is 0 Å². The monoisotopic (exact) mass is 188 g/mol. The van der Waals surface area contributed by atoms with Gasteiger partial charge in [-0.2, -0.15) is 0 Å². The van der Waals surface area contributed by atoms with Gasteiger partial charge in [-0.1, -0.05) is 27.2 Å². The van der Waals surface area contributed by atoms with Crippen LogP contribution in [0, 0.1) is 5.92 Å². The molecule has 0 fully saturated rings. The quantitative estimate of drug-likeness (QED) is 0.668. The second kappa shape index (κ2) is 5.22. The van der Waals surface area contributed by atoms with E-state index in [0.29, 0.717) is 18.8 Å². The fourth-order valence-corrected chi connectivity index (χ4v) is 1.28. The summed E-state index contributed by atoms with van der Waals surface area (Å²) in [5, 5.41) is 9.92. The zero-order valence-corrected chi connectivity index (χ0v) is 8.96. The van der Waals surface area contributed by atoms with Crippen molar-refractivity contribution in [2.45, 2.75) is 45.6 Å². The minimum Gasteiger partial charge on any atom is -0.467 e. The average Bonchev–Trinajstić information content (AvgIpc) is 2.15. The van der Waals surface area contributed by atoms with Gasteiger partial charge in [0.05, 0.1) is 7.11 Å². The van der Waals surface area contributed by atoms with E-state index < -0.39 is 11.6 Å². The van der Waals surface area contributed by atoms with Gasteiger partial charge in [-0.25, -0.2) is 4.79 Å². The summed E-state index contributed by atoms with van der Waals surface area (Å²) in [5.41, 5.74) is -1.29. The number of aliphatic hydroxyl groups is 1. The number of ether oxygens (including phenoxy) is 1. The van der Waals surface area contributed by atoms with Crippen molar-refractivity contribution in [3.63, 3.8) is 0 Å². The molecule has 0 aliphatic heterocycles. The number of esters is 1. The van der Waals surface area contributed by atoms with Crippen LogP contribution in [-0.2, 0) is 9.53 Å². The molecule has 0 aliphatic rings. The fourth-order valence-electron chi connectivity index (χ4n) is 1.28. The van der Waals surface area contributed by atoms with Gasteiger partial charge in [-0.05, 0) is 18.8 Å². The van der Waals surface area contributed by atoms with Gasteiger partial charge in [0.2, 0.25) is 0 Å². The van der Waals surface area contributed by atoms with Gasteiger partial charge in [0.25, 0.3) is 0 Å². The van der Waals surface area contributed by atoms with Crippen molar-refractivity contribution < 1.29 is 14.6 Å². The molecule has 0 aromatic rings. The topological polar surface area (TPSA) is 46.5 Å². The first kappa shape index (κ1) is 12.4. The van der Waals surface area contributed by atoms with Crippen LogP contribution in [0.2, 0.25) is 0 Å². The molecule has 13 heavy (non-hydrogen) atoms. The lowest BCUT2D eigenvalue weighted by molar-refractivity contribution is -0.164. The fraction of sp³-hybridized carbons (Fsp3) is 0.900. The standard InChI is InChI=1S/C10H20O3/c1-5-8(3)7-10(12,6-2)9(11)13-4/h8,12H,5-7H2,1-4H3. The summed E-state index contributed by atoms with van der Waals surface area (Å²) in [7, 11) is 1.31. The molecule has 0 amide bonds. The summed E-state index contributed by atoms with van der Waals surface area (Å²) in [6, 6.07) is 0. The number of rotatable bonds is 5. The minimum absolute atomic E-state index is 0.337. The predicted octanol–water partition coefficient (Wildman–Crippen LogP) is 1.74. The molecule has 0 aliphatic carbocycles. The number of hydrogen-bond acceptors (Lipinski definition) is 3. The molecule has 78 valence electrons. The van der Waals surface area contributed by atoms with Crippen molar-refractivity contribution in [2.24, 2.45) is 5.92 Å². The SMILES string of the molecule is CCC(C)CC(O)(CC)C(=O)OC. The van der Waals surface area contributed by atoms with Gasteiger partial charge in [-0.15, -0.1) is 0 Å². The lowest BCUT2D eigenvalue weighted by Gasteiger charge is -2.26. The van der Waals surface area contributed by atoms with Crippen LogP contribution in [0.5, 0.6) is 0 Å². The number of methoxy groups -OCH3 is 1. The Morgan fingerprint density at radius 2 is 2.08 bits per heavy atom. The minimum atomic E-state index is -1.29. The van der Waals surface area contributed by atoms with Crippen molar-refractivity contribution in [2.75, 3.05) is 7.11 Å². The molecule has 0 saturated carbocycles. The summed E-state index contributed by atoms with van der Waals surface area (Å²) >= 11 is 0. The second-order valence-corrected chi connectivity index (χ2v) is 3.59. The first-order valence-corrected chi connectivity index (χ1v) is 4.81. The molecule has 2 unspecified atom stereocenters. The van der Waals surface area contributed by atoms with E-state index in [1.807, 2.05) is 13.8 Å². The van der Waals surface area contributed by atoms with E-state index in [9.17, 15) is 9.90 Å². The van der Waals surface area contributed by atoms with E-state index in [1.54, 1.807) is 6.92 Å². The molecule has 0 spiro atoms. The van der Waals surface area contributed by atoms with Crippen LogP contribution in [0.4, 0.5) is 0 Å². The molecule has 0 rings (SSSR count). The van der Waals surface area contributed by atoms with E-state index in [0.717, 1.165) is 6.42 Å². The summed E-state index contributed by atoms with van der Waals surface area (Å²) < 4.78 is 4.56. The maximum Gasteiger partial charge on any atom is 0.337 e. The third kappa shape index (κ3) is 3.35. The molecular formula is C10H20O3. The Balaban J connectivity index is 4.35. The van der Waals surface area contributed by atoms with Gasteiger partial charge in [0.1, 0.15) is 0 Å². The highest BCUT2D eigenvalue weighted by Crippen LogP contribution is 2.23. The van der Waals surface area contributed by atoms with Crippen molar-refractivity contribution in [3.8, 4) is 0 Å². The van der Waals surface area contributed by atoms with Gasteiger partial charge >= 0.3 is 5.97 Å². The Bertz CT molecular complexity index is 168. The van der Waals surface area contributed by atoms with Crippen molar-refractivity contribution in [1.29, 1.82) is 0 Å². The zero-order chi connectivity index (χ0) is 10.5. The Kier molecular flexibility index (Phi) is 4.99. The summed E-state index contributed by atoms with van der Waals surface area (Å²) in [4.78, 5) is 11.2. The van der Waals surface area contributed by atoms with E-state index in [2.05, 4.69) is 4.74 Å². The normalized spacial score (nSPS) is 17.6. The molecule has 0 aromatic heterocycles. The number of carbonyl (C=O) groups is 1. The molecule has 3 nitrogen and oxygen atoms in total. The van der Waals surface area contributed by atoms with Crippen LogP contribution in [0.1, 0.15) is 40.0 Å². The summed E-state index contributed by atoms with van der Waals surface area (Å²) in [6.07, 6.45) is 1.84. The smallest absolute Gasteiger partial charge is 0.337 e. The summed E-state index contributed by atoms with van der Waals surface area (Å²) in [6.45, 7) is 5.85. The Hall–Kier alpha value is -0.570. The molecule has 0 saturated heterocycles. The number of carbonyl (C=O) groups excluding carboxylic acids is 1. The van der Waals surface area contributed by atoms with E-state index >= 15 is 0 Å². The van der Waals surface area contributed by atoms with E-state index in [1.165, 1.54) is 7.11 Å². The van der Waals surface area contributed by atoms with Crippen LogP contribution in [-0.4, -0.2) is 23.8 Å². The molecule has 0 radical (unpaired) electrons. The van der Waals surface area contributed by atoms with Crippen LogP contribution in [0.3, 0.4) is 0 Å². The largest absolute Gasteiger partial charge is 0.467 e. The highest BCUT2D eigenvalue weighted by molar-refractivity contribution is 5.78. The summed E-state index contributed by atoms with van der Waals surface area (Å²) in [5.74, 6) is -0.181. The van der Waals surface area contributed by atoms with Crippen molar-refractivity contribution in [3.05, 3.63) is 0 Å². The van der Waals surface area contributed by atoms with Crippen molar-refractivity contribution in [1.82, 2.24) is 0 Å². The maximum absolute atomic E-state index is 11.2. The van der Waals surface area contributed by atoms with Crippen LogP contribution < -0.4 is 0 Å². The first-order chi connectivity index (χ1) is 6.00. The molecule has 2 atom stereocenters. The van der Waals surface area contributed by atoms with Gasteiger partial charge in [0, 0.05) is 0 Å². The predicted molar refractivity (Wildman–Crippen MR) is 51.3 cm³/mol. The molecule has 0 bridgehead atoms. The van der Waals surface area contributed by atoms with Gasteiger partial charge in [-0.3, -0.25) is 0 Å². The van der Waals surface area contributed by atoms with Gasteiger partial charge < -0.3 is 9.84 Å². The third-order valence-electron chi connectivity index (χ3n) is 2.53. The molecule has 1 N–H and O–H groups in total. The highest BCUT2D eigenvalue weighted by Gasteiger charge is 2.36. The Morgan fingerprint density at radius 1 is 1.54 bits per heavy atom. The zero-order valence-electron chi connectivity index (χ0n) is 8.96. The second-order valence-electron chi connectivity index (χ2n) is 3.59. The molecule has 0 aromatic carbocycles. The first-order valence-electron chi connectivity index (χ1n) is 4.81. The molecule has 3 heteroatoms. The highest BCUT2D eigenvalue weighted by atomic mass is 16.5. The van der Waals surface area contributed by atoms with Crippen LogP contribution >= 0.6 is 0 Å².